The summed E-state index contributed by atoms with van der Waals surface area (Å²) in [6.07, 6.45) is 2.36. The van der Waals surface area contributed by atoms with E-state index < -0.39 is 17.6 Å². The van der Waals surface area contributed by atoms with Crippen molar-refractivity contribution in [2.45, 2.75) is 51.2 Å². The zero-order chi connectivity index (χ0) is 30.7. The van der Waals surface area contributed by atoms with Crippen LogP contribution in [0.25, 0.3) is 16.8 Å². The minimum absolute atomic E-state index is 0.0341. The highest BCUT2D eigenvalue weighted by Crippen LogP contribution is 2.44. The lowest BCUT2D eigenvalue weighted by Crippen LogP contribution is -2.42. The third kappa shape index (κ3) is 5.02. The number of carbonyl (C=O) groups excluding carboxylic acids is 2. The number of methoxy groups -OCH3 is 1. The van der Waals surface area contributed by atoms with Crippen LogP contribution in [0.2, 0.25) is 0 Å². The van der Waals surface area contributed by atoms with E-state index in [1.165, 1.54) is 19.2 Å². The van der Waals surface area contributed by atoms with Gasteiger partial charge in [0.1, 0.15) is 34.4 Å². The van der Waals surface area contributed by atoms with Crippen LogP contribution in [0.5, 0.6) is 5.75 Å². The molecule has 6 rings (SSSR count). The van der Waals surface area contributed by atoms with E-state index in [4.69, 9.17) is 15.5 Å². The summed E-state index contributed by atoms with van der Waals surface area (Å²) in [7, 11) is 1.44. The maximum absolute atomic E-state index is 13.1. The normalized spacial score (nSPS) is 19.9. The first-order valence-corrected chi connectivity index (χ1v) is 13.8. The molecule has 0 unspecified atom stereocenters. The Kier molecular flexibility index (Phi) is 6.78. The zero-order valence-corrected chi connectivity index (χ0v) is 23.8. The lowest BCUT2D eigenvalue weighted by molar-refractivity contribution is -0.138. The van der Waals surface area contributed by atoms with Crippen LogP contribution in [0.4, 0.5) is 24.8 Å². The van der Waals surface area contributed by atoms with E-state index in [2.05, 4.69) is 15.3 Å². The quantitative estimate of drug-likeness (QED) is 0.327. The number of aromatic nitrogens is 4. The van der Waals surface area contributed by atoms with Crippen LogP contribution >= 0.6 is 0 Å². The number of nitrogens with zero attached hydrogens (tertiary/aromatic N) is 5. The first-order chi connectivity index (χ1) is 20.4. The fourth-order valence-electron chi connectivity index (χ4n) is 6.22. The number of nitrogens with two attached hydrogens (primary N) is 1. The number of halogens is 3. The molecule has 2 amide bonds. The lowest BCUT2D eigenvalue weighted by Gasteiger charge is -2.34. The molecular weight excluding hydrogens is 563 g/mol. The summed E-state index contributed by atoms with van der Waals surface area (Å²) in [6, 6.07) is 6.46. The van der Waals surface area contributed by atoms with E-state index >= 15 is 0 Å². The number of carbonyl (C=O) groups is 2. The van der Waals surface area contributed by atoms with Crippen LogP contribution in [0.15, 0.2) is 48.9 Å². The number of rotatable bonds is 5. The number of benzene rings is 1. The Hall–Kier alpha value is -4.68. The Labute approximate surface area is 245 Å². The second kappa shape index (κ2) is 10.2. The van der Waals surface area contributed by atoms with E-state index in [1.807, 2.05) is 23.1 Å². The predicted molar refractivity (Wildman–Crippen MR) is 152 cm³/mol. The third-order valence-corrected chi connectivity index (χ3v) is 8.32. The van der Waals surface area contributed by atoms with Gasteiger partial charge in [0.25, 0.3) is 5.91 Å². The molecule has 2 atom stereocenters. The Balaban J connectivity index is 1.34. The SMILES string of the molecule is COc1cc(C(=O)Nc2cc(C(F)(F)F)ccn2)ccc1-c1nc([C@@H]2CC[C@H]3CC(C)(C)C(=O)N3C2)n2ccnc(N)c12. The highest BCUT2D eigenvalue weighted by molar-refractivity contribution is 6.04. The Morgan fingerprint density at radius 2 is 1.93 bits per heavy atom. The van der Waals surface area contributed by atoms with Crippen molar-refractivity contribution >= 4 is 29.0 Å². The molecule has 1 aromatic carbocycles. The van der Waals surface area contributed by atoms with Crippen molar-refractivity contribution in [3.63, 3.8) is 0 Å². The van der Waals surface area contributed by atoms with Gasteiger partial charge in [-0.1, -0.05) is 13.8 Å². The highest BCUT2D eigenvalue weighted by atomic mass is 19.4. The molecule has 0 saturated carbocycles. The molecule has 2 saturated heterocycles. The fourth-order valence-corrected chi connectivity index (χ4v) is 6.22. The van der Waals surface area contributed by atoms with Crippen molar-refractivity contribution in [1.82, 2.24) is 24.3 Å². The number of piperidine rings is 1. The van der Waals surface area contributed by atoms with E-state index in [0.717, 1.165) is 43.4 Å². The number of alkyl halides is 3. The van der Waals surface area contributed by atoms with Crippen LogP contribution < -0.4 is 15.8 Å². The smallest absolute Gasteiger partial charge is 0.416 e. The molecule has 0 spiro atoms. The van der Waals surface area contributed by atoms with Crippen LogP contribution in [0, 0.1) is 5.41 Å². The maximum atomic E-state index is 13.1. The van der Waals surface area contributed by atoms with E-state index in [9.17, 15) is 22.8 Å². The fraction of sp³-hybridized carbons (Fsp3) is 0.367. The summed E-state index contributed by atoms with van der Waals surface area (Å²) in [4.78, 5) is 41.1. The molecule has 0 bridgehead atoms. The number of amides is 2. The number of fused-ring (bicyclic) bond motifs is 2. The van der Waals surface area contributed by atoms with Gasteiger partial charge in [-0.05, 0) is 49.6 Å². The van der Waals surface area contributed by atoms with Crippen LogP contribution in [-0.2, 0) is 11.0 Å². The van der Waals surface area contributed by atoms with Crippen molar-refractivity contribution < 1.29 is 27.5 Å². The Morgan fingerprint density at radius 3 is 2.67 bits per heavy atom. The standard InChI is InChI=1S/C30H30F3N7O3/c1-29(2)14-19-6-4-17(15-40(19)28(29)42)26-38-23(24-25(34)36-10-11-39(24)26)20-7-5-16(12-21(20)43-3)27(41)37-22-13-18(8-9-35-22)30(31,32)33/h5,7-13,17,19H,4,6,14-15H2,1-3H3,(H2,34,36)(H,35,37,41)/t17-,19+/m1/s1. The molecule has 3 N–H and O–H groups in total. The molecule has 13 heteroatoms. The van der Waals surface area contributed by atoms with E-state index in [1.54, 1.807) is 18.5 Å². The van der Waals surface area contributed by atoms with Gasteiger partial charge in [-0.2, -0.15) is 13.2 Å². The van der Waals surface area contributed by atoms with Gasteiger partial charge in [0.2, 0.25) is 5.91 Å². The van der Waals surface area contributed by atoms with Crippen LogP contribution in [0.1, 0.15) is 60.8 Å². The number of nitrogen functional groups attached to an aromatic ring is 1. The predicted octanol–water partition coefficient (Wildman–Crippen LogP) is 5.16. The first kappa shape index (κ1) is 28.4. The van der Waals surface area contributed by atoms with E-state index in [0.29, 0.717) is 29.1 Å². The van der Waals surface area contributed by atoms with Crippen molar-refractivity contribution in [1.29, 1.82) is 0 Å². The average Bonchev–Trinajstić information content (AvgIpc) is 3.47. The average molecular weight is 594 g/mol. The number of hydrogen-bond donors (Lipinski definition) is 2. The van der Waals surface area contributed by atoms with Gasteiger partial charge in [-0.3, -0.25) is 14.0 Å². The Bertz CT molecular complexity index is 1750. The van der Waals surface area contributed by atoms with Crippen molar-refractivity contribution in [3.8, 4) is 17.0 Å². The van der Waals surface area contributed by atoms with Crippen LogP contribution in [0.3, 0.4) is 0 Å². The highest BCUT2D eigenvalue weighted by Gasteiger charge is 2.48. The summed E-state index contributed by atoms with van der Waals surface area (Å²) in [6.45, 7) is 4.53. The second-order valence-corrected chi connectivity index (χ2v) is 11.6. The Morgan fingerprint density at radius 1 is 1.14 bits per heavy atom. The topological polar surface area (TPSA) is 128 Å². The third-order valence-electron chi connectivity index (χ3n) is 8.32. The van der Waals surface area contributed by atoms with Crippen molar-refractivity contribution in [3.05, 3.63) is 65.9 Å². The molecule has 2 aliphatic rings. The van der Waals surface area contributed by atoms with Crippen molar-refractivity contribution in [2.75, 3.05) is 24.7 Å². The molecule has 2 aliphatic heterocycles. The van der Waals surface area contributed by atoms with Crippen LogP contribution in [-0.4, -0.2) is 55.8 Å². The zero-order valence-electron chi connectivity index (χ0n) is 23.8. The van der Waals surface area contributed by atoms with Gasteiger partial charge in [0.05, 0.1) is 12.7 Å². The molecule has 4 aromatic rings. The molecular formula is C30H30F3N7O3. The minimum atomic E-state index is -4.57. The molecule has 2 fully saturated rings. The number of pyridine rings is 1. The summed E-state index contributed by atoms with van der Waals surface area (Å²) in [5.74, 6) is 0.523. The monoisotopic (exact) mass is 593 g/mol. The number of ether oxygens (including phenoxy) is 1. The van der Waals surface area contributed by atoms with Gasteiger partial charge in [0.15, 0.2) is 0 Å². The number of imidazole rings is 1. The summed E-state index contributed by atoms with van der Waals surface area (Å²) in [5, 5.41) is 2.41. The molecule has 5 heterocycles. The molecule has 43 heavy (non-hydrogen) atoms. The molecule has 3 aromatic heterocycles. The minimum Gasteiger partial charge on any atom is -0.496 e. The van der Waals surface area contributed by atoms with Gasteiger partial charge in [0, 0.05) is 53.6 Å². The lowest BCUT2D eigenvalue weighted by atomic mass is 9.87. The van der Waals surface area contributed by atoms with Gasteiger partial charge >= 0.3 is 6.18 Å². The maximum Gasteiger partial charge on any atom is 0.416 e. The summed E-state index contributed by atoms with van der Waals surface area (Å²) >= 11 is 0. The number of nitrogens with one attached hydrogen (secondary N) is 1. The van der Waals surface area contributed by atoms with E-state index in [-0.39, 0.29) is 40.5 Å². The van der Waals surface area contributed by atoms with Gasteiger partial charge in [-0.15, -0.1) is 0 Å². The molecule has 10 nitrogen and oxygen atoms in total. The molecule has 0 aliphatic carbocycles. The van der Waals surface area contributed by atoms with Gasteiger partial charge < -0.3 is 20.7 Å². The second-order valence-electron chi connectivity index (χ2n) is 11.6. The number of hydrogen-bond acceptors (Lipinski definition) is 7. The largest absolute Gasteiger partial charge is 0.496 e. The molecule has 224 valence electrons. The molecule has 0 radical (unpaired) electrons. The summed E-state index contributed by atoms with van der Waals surface area (Å²) in [5.41, 5.74) is 6.80. The van der Waals surface area contributed by atoms with Crippen molar-refractivity contribution in [2.24, 2.45) is 5.41 Å². The first-order valence-electron chi connectivity index (χ1n) is 13.8. The van der Waals surface area contributed by atoms with Gasteiger partial charge in [-0.25, -0.2) is 15.0 Å². The summed E-state index contributed by atoms with van der Waals surface area (Å²) < 4.78 is 46.8. The number of anilines is 2.